The van der Waals surface area contributed by atoms with Crippen LogP contribution in [-0.4, -0.2) is 5.97 Å². The van der Waals surface area contributed by atoms with E-state index in [1.807, 2.05) is 79.7 Å². The molecule has 0 unspecified atom stereocenters. The van der Waals surface area contributed by atoms with Crippen LogP contribution < -0.4 is 0 Å². The van der Waals surface area contributed by atoms with E-state index in [-0.39, 0.29) is 11.2 Å². The van der Waals surface area contributed by atoms with Crippen LogP contribution in [0.25, 0.3) is 0 Å². The topological polar surface area (TPSA) is 26.3 Å². The van der Waals surface area contributed by atoms with Gasteiger partial charge in [0.2, 0.25) is 0 Å². The second kappa shape index (κ2) is 6.41. The van der Waals surface area contributed by atoms with Crippen LogP contribution in [0.3, 0.4) is 0 Å². The van der Waals surface area contributed by atoms with E-state index in [9.17, 15) is 4.79 Å². The molecule has 0 aromatic heterocycles. The Morgan fingerprint density at radius 3 is 2.16 bits per heavy atom. The minimum absolute atomic E-state index is 0.0220. The van der Waals surface area contributed by atoms with Gasteiger partial charge in [-0.3, -0.25) is 0 Å². The van der Waals surface area contributed by atoms with Gasteiger partial charge in [-0.25, -0.2) is 4.79 Å². The monoisotopic (exact) mass is 346 g/mol. The molecule has 25 heavy (non-hydrogen) atoms. The number of carbonyl (C=O) groups is 1. The first-order chi connectivity index (χ1) is 12.2. The largest absolute Gasteiger partial charge is 0.449 e. The molecule has 3 aromatic rings. The number of hydrogen-bond donors (Lipinski definition) is 0. The van der Waals surface area contributed by atoms with Gasteiger partial charge < -0.3 is 4.74 Å². The van der Waals surface area contributed by atoms with Crippen LogP contribution in [0.4, 0.5) is 0 Å². The average molecular weight is 346 g/mol. The van der Waals surface area contributed by atoms with Crippen molar-refractivity contribution in [3.05, 3.63) is 102 Å². The summed E-state index contributed by atoms with van der Waals surface area (Å²) in [7, 11) is 0. The molecule has 3 heteroatoms. The first kappa shape index (κ1) is 16.0. The maximum absolute atomic E-state index is 12.6. The maximum Gasteiger partial charge on any atom is 0.339 e. The molecule has 0 aliphatic carbocycles. The van der Waals surface area contributed by atoms with Crippen molar-refractivity contribution in [2.75, 3.05) is 0 Å². The lowest BCUT2D eigenvalue weighted by molar-refractivity contribution is -0.0199. The van der Waals surface area contributed by atoms with Crippen molar-refractivity contribution >= 4 is 17.7 Å². The molecule has 0 spiro atoms. The molecule has 0 bridgehead atoms. The van der Waals surface area contributed by atoms with E-state index in [2.05, 4.69) is 12.1 Å². The molecule has 0 radical (unpaired) electrons. The molecule has 124 valence electrons. The molecule has 0 saturated carbocycles. The van der Waals surface area contributed by atoms with Gasteiger partial charge >= 0.3 is 5.97 Å². The Hall–Kier alpha value is -2.52. The fraction of sp³-hybridized carbons (Fsp3) is 0.136. The van der Waals surface area contributed by atoms with Crippen LogP contribution in [0.2, 0.25) is 0 Å². The van der Waals surface area contributed by atoms with Crippen molar-refractivity contribution in [3.8, 4) is 0 Å². The smallest absolute Gasteiger partial charge is 0.339 e. The highest BCUT2D eigenvalue weighted by Crippen LogP contribution is 2.53. The normalized spacial score (nSPS) is 22.1. The molecule has 1 aliphatic rings. The standard InChI is InChI=1S/C22H18O2S/c1-22(16-10-4-2-5-11-16)20(25-17-12-6-3-7-13-17)18-14-8-9-15-19(18)21(23)24-22/h2-15,20H,1H3/t20-,22+/m0/s1. The summed E-state index contributed by atoms with van der Waals surface area (Å²) in [6.45, 7) is 2.01. The quantitative estimate of drug-likeness (QED) is 0.577. The second-order valence-corrected chi connectivity index (χ2v) is 7.44. The summed E-state index contributed by atoms with van der Waals surface area (Å²) >= 11 is 1.73. The Balaban J connectivity index is 1.86. The van der Waals surface area contributed by atoms with E-state index >= 15 is 0 Å². The summed E-state index contributed by atoms with van der Waals surface area (Å²) in [5.41, 5.74) is 1.96. The summed E-state index contributed by atoms with van der Waals surface area (Å²) in [5, 5.41) is -0.0220. The van der Waals surface area contributed by atoms with E-state index in [0.717, 1.165) is 16.0 Å². The molecular formula is C22H18O2S. The van der Waals surface area contributed by atoms with E-state index in [0.29, 0.717) is 5.56 Å². The zero-order chi connectivity index (χ0) is 17.3. The molecule has 1 heterocycles. The SMILES string of the molecule is C[C@]1(c2ccccc2)OC(=O)c2ccccc2[C@@H]1Sc1ccccc1. The van der Waals surface area contributed by atoms with Crippen LogP contribution in [-0.2, 0) is 10.3 Å². The third-order valence-electron chi connectivity index (χ3n) is 4.61. The third kappa shape index (κ3) is 2.85. The van der Waals surface area contributed by atoms with Crippen molar-refractivity contribution in [2.24, 2.45) is 0 Å². The molecule has 0 amide bonds. The van der Waals surface area contributed by atoms with Crippen molar-refractivity contribution in [1.29, 1.82) is 0 Å². The lowest BCUT2D eigenvalue weighted by atomic mass is 9.84. The predicted molar refractivity (Wildman–Crippen MR) is 101 cm³/mol. The number of esters is 1. The van der Waals surface area contributed by atoms with Gasteiger partial charge in [0.1, 0.15) is 0 Å². The van der Waals surface area contributed by atoms with Crippen molar-refractivity contribution in [3.63, 3.8) is 0 Å². The number of hydrogen-bond acceptors (Lipinski definition) is 3. The van der Waals surface area contributed by atoms with Crippen molar-refractivity contribution < 1.29 is 9.53 Å². The highest BCUT2D eigenvalue weighted by atomic mass is 32.2. The number of ether oxygens (including phenoxy) is 1. The number of fused-ring (bicyclic) bond motifs is 1. The zero-order valence-electron chi connectivity index (χ0n) is 13.9. The van der Waals surface area contributed by atoms with E-state index in [1.54, 1.807) is 11.8 Å². The van der Waals surface area contributed by atoms with E-state index in [4.69, 9.17) is 4.74 Å². The summed E-state index contributed by atoms with van der Waals surface area (Å²) in [6, 6.07) is 28.0. The highest BCUT2D eigenvalue weighted by molar-refractivity contribution is 7.99. The molecule has 0 saturated heterocycles. The van der Waals surface area contributed by atoms with Crippen molar-refractivity contribution in [2.45, 2.75) is 22.7 Å². The van der Waals surface area contributed by atoms with Gasteiger partial charge in [0.25, 0.3) is 0 Å². The zero-order valence-corrected chi connectivity index (χ0v) is 14.7. The lowest BCUT2D eigenvalue weighted by Crippen LogP contribution is -2.39. The molecule has 3 aromatic carbocycles. The van der Waals surface area contributed by atoms with Crippen LogP contribution >= 0.6 is 11.8 Å². The maximum atomic E-state index is 12.6. The summed E-state index contributed by atoms with van der Waals surface area (Å²) in [6.07, 6.45) is 0. The molecular weight excluding hydrogens is 328 g/mol. The fourth-order valence-corrected chi connectivity index (χ4v) is 4.63. The van der Waals surface area contributed by atoms with Crippen LogP contribution in [0.15, 0.2) is 89.8 Å². The van der Waals surface area contributed by atoms with Gasteiger partial charge in [-0.15, -0.1) is 11.8 Å². The Morgan fingerprint density at radius 2 is 1.44 bits per heavy atom. The number of cyclic esters (lactones) is 1. The molecule has 2 atom stereocenters. The number of carbonyl (C=O) groups excluding carboxylic acids is 1. The minimum atomic E-state index is -0.729. The molecule has 2 nitrogen and oxygen atoms in total. The Bertz CT molecular complexity index is 892. The number of rotatable bonds is 3. The van der Waals surface area contributed by atoms with Crippen LogP contribution in [0, 0.1) is 0 Å². The highest BCUT2D eigenvalue weighted by Gasteiger charge is 2.46. The Morgan fingerprint density at radius 1 is 0.840 bits per heavy atom. The van der Waals surface area contributed by atoms with Crippen LogP contribution in [0.5, 0.6) is 0 Å². The molecule has 1 aliphatic heterocycles. The Kier molecular flexibility index (Phi) is 4.10. The predicted octanol–water partition coefficient (Wildman–Crippen LogP) is 5.61. The minimum Gasteiger partial charge on any atom is -0.449 e. The summed E-state index contributed by atoms with van der Waals surface area (Å²) in [4.78, 5) is 13.8. The molecule has 0 N–H and O–H groups in total. The first-order valence-electron chi connectivity index (χ1n) is 8.28. The fourth-order valence-electron chi connectivity index (χ4n) is 3.30. The molecule has 4 rings (SSSR count). The Labute approximate surface area is 151 Å². The van der Waals surface area contributed by atoms with Gasteiger partial charge in [0.05, 0.1) is 10.8 Å². The lowest BCUT2D eigenvalue weighted by Gasteiger charge is -2.41. The number of benzene rings is 3. The van der Waals surface area contributed by atoms with E-state index in [1.165, 1.54) is 0 Å². The van der Waals surface area contributed by atoms with Gasteiger partial charge in [0, 0.05) is 4.90 Å². The van der Waals surface area contributed by atoms with Crippen LogP contribution in [0.1, 0.15) is 33.7 Å². The van der Waals surface area contributed by atoms with Gasteiger partial charge in [-0.2, -0.15) is 0 Å². The third-order valence-corrected chi connectivity index (χ3v) is 6.10. The van der Waals surface area contributed by atoms with Gasteiger partial charge in [-0.05, 0) is 36.2 Å². The summed E-state index contributed by atoms with van der Waals surface area (Å²) < 4.78 is 6.01. The van der Waals surface area contributed by atoms with Crippen molar-refractivity contribution in [1.82, 2.24) is 0 Å². The van der Waals surface area contributed by atoms with Gasteiger partial charge in [0.15, 0.2) is 5.60 Å². The second-order valence-electron chi connectivity index (χ2n) is 6.26. The number of thioether (sulfide) groups is 1. The van der Waals surface area contributed by atoms with E-state index < -0.39 is 5.60 Å². The van der Waals surface area contributed by atoms with Gasteiger partial charge in [-0.1, -0.05) is 66.7 Å². The average Bonchev–Trinajstić information content (AvgIpc) is 2.67. The molecule has 0 fully saturated rings. The summed E-state index contributed by atoms with van der Waals surface area (Å²) in [5.74, 6) is -0.258. The first-order valence-corrected chi connectivity index (χ1v) is 9.16.